The van der Waals surface area contributed by atoms with Crippen LogP contribution in [-0.2, 0) is 9.47 Å². The van der Waals surface area contributed by atoms with Crippen molar-refractivity contribution in [3.8, 4) is 0 Å². The molecule has 0 amide bonds. The quantitative estimate of drug-likeness (QED) is 0.185. The van der Waals surface area contributed by atoms with Crippen molar-refractivity contribution in [1.82, 2.24) is 0 Å². The first-order chi connectivity index (χ1) is 12.3. The minimum Gasteiger partial charge on any atom is -0.381 e. The van der Waals surface area contributed by atoms with E-state index >= 15 is 0 Å². The Labute approximate surface area is 157 Å². The van der Waals surface area contributed by atoms with Crippen molar-refractivity contribution in [2.75, 3.05) is 20.3 Å². The molecule has 1 atom stereocenters. The summed E-state index contributed by atoms with van der Waals surface area (Å²) in [5.41, 5.74) is 0. The van der Waals surface area contributed by atoms with Gasteiger partial charge in [0.2, 0.25) is 0 Å². The van der Waals surface area contributed by atoms with E-state index in [0.717, 1.165) is 13.0 Å². The summed E-state index contributed by atoms with van der Waals surface area (Å²) in [5.74, 6) is 0. The summed E-state index contributed by atoms with van der Waals surface area (Å²) in [5, 5.41) is 9.20. The fourth-order valence-corrected chi connectivity index (χ4v) is 3.16. The van der Waals surface area contributed by atoms with Crippen LogP contribution in [0.15, 0.2) is 0 Å². The van der Waals surface area contributed by atoms with Gasteiger partial charge in [-0.2, -0.15) is 0 Å². The first kappa shape index (κ1) is 24.9. The van der Waals surface area contributed by atoms with Gasteiger partial charge in [0.05, 0.1) is 6.61 Å². The second-order valence-corrected chi connectivity index (χ2v) is 7.39. The molecule has 0 spiro atoms. The van der Waals surface area contributed by atoms with Gasteiger partial charge in [-0.25, -0.2) is 0 Å². The molecule has 0 aromatic carbocycles. The van der Waals surface area contributed by atoms with Crippen molar-refractivity contribution in [1.29, 1.82) is 0 Å². The molecule has 0 saturated carbocycles. The molecule has 0 heterocycles. The number of aliphatic hydroxyl groups excluding tert-OH is 1. The van der Waals surface area contributed by atoms with Crippen molar-refractivity contribution in [2.24, 2.45) is 0 Å². The second kappa shape index (κ2) is 21.9. The van der Waals surface area contributed by atoms with Crippen molar-refractivity contribution in [3.63, 3.8) is 0 Å². The van der Waals surface area contributed by atoms with Crippen molar-refractivity contribution < 1.29 is 14.6 Å². The van der Waals surface area contributed by atoms with Gasteiger partial charge in [-0.05, 0) is 6.42 Å². The SMILES string of the molecule is CCCCCCCCCCCCCCCCCCOCCC(O)OC. The van der Waals surface area contributed by atoms with E-state index in [-0.39, 0.29) is 0 Å². The summed E-state index contributed by atoms with van der Waals surface area (Å²) in [6, 6.07) is 0. The number of hydrogen-bond donors (Lipinski definition) is 1. The number of methoxy groups -OCH3 is 1. The highest BCUT2D eigenvalue weighted by Gasteiger charge is 2.00. The number of aliphatic hydroxyl groups is 1. The average molecular weight is 359 g/mol. The highest BCUT2D eigenvalue weighted by Crippen LogP contribution is 2.13. The summed E-state index contributed by atoms with van der Waals surface area (Å²) in [6.07, 6.45) is 22.2. The van der Waals surface area contributed by atoms with E-state index in [4.69, 9.17) is 9.47 Å². The molecule has 0 bridgehead atoms. The molecule has 1 N–H and O–H groups in total. The molecule has 0 saturated heterocycles. The first-order valence-corrected chi connectivity index (χ1v) is 11.1. The van der Waals surface area contributed by atoms with Gasteiger partial charge in [0.25, 0.3) is 0 Å². The Kier molecular flexibility index (Phi) is 21.8. The number of ether oxygens (including phenoxy) is 2. The highest BCUT2D eigenvalue weighted by molar-refractivity contribution is 4.50. The zero-order chi connectivity index (χ0) is 18.4. The van der Waals surface area contributed by atoms with Crippen LogP contribution in [0, 0.1) is 0 Å². The van der Waals surface area contributed by atoms with Gasteiger partial charge in [0.15, 0.2) is 6.29 Å². The Hall–Kier alpha value is -0.120. The lowest BCUT2D eigenvalue weighted by atomic mass is 10.0. The molecular weight excluding hydrogens is 312 g/mol. The average Bonchev–Trinajstić information content (AvgIpc) is 2.63. The van der Waals surface area contributed by atoms with E-state index in [1.54, 1.807) is 0 Å². The topological polar surface area (TPSA) is 38.7 Å². The molecule has 0 fully saturated rings. The zero-order valence-corrected chi connectivity index (χ0v) is 17.3. The molecule has 0 aliphatic rings. The summed E-state index contributed by atoms with van der Waals surface area (Å²) in [6.45, 7) is 3.69. The van der Waals surface area contributed by atoms with Gasteiger partial charge >= 0.3 is 0 Å². The molecule has 152 valence electrons. The van der Waals surface area contributed by atoms with E-state index in [0.29, 0.717) is 13.0 Å². The second-order valence-electron chi connectivity index (χ2n) is 7.39. The van der Waals surface area contributed by atoms with E-state index in [1.807, 2.05) is 0 Å². The van der Waals surface area contributed by atoms with Crippen LogP contribution in [-0.4, -0.2) is 31.7 Å². The molecule has 3 nitrogen and oxygen atoms in total. The Bertz CT molecular complexity index is 233. The third-order valence-corrected chi connectivity index (χ3v) is 4.92. The predicted molar refractivity (Wildman–Crippen MR) is 108 cm³/mol. The van der Waals surface area contributed by atoms with Crippen LogP contribution in [0.4, 0.5) is 0 Å². The highest BCUT2D eigenvalue weighted by atomic mass is 16.6. The molecule has 0 radical (unpaired) electrons. The minimum absolute atomic E-state index is 0.565. The molecule has 3 heteroatoms. The van der Waals surface area contributed by atoms with Crippen LogP contribution >= 0.6 is 0 Å². The molecule has 0 aliphatic heterocycles. The Morgan fingerprint density at radius 2 is 1.00 bits per heavy atom. The predicted octanol–water partition coefficient (Wildman–Crippen LogP) is 6.62. The lowest BCUT2D eigenvalue weighted by Crippen LogP contribution is -2.12. The van der Waals surface area contributed by atoms with Gasteiger partial charge in [-0.15, -0.1) is 0 Å². The van der Waals surface area contributed by atoms with Crippen LogP contribution in [0.5, 0.6) is 0 Å². The fraction of sp³-hybridized carbons (Fsp3) is 1.00. The number of hydrogen-bond acceptors (Lipinski definition) is 3. The van der Waals surface area contributed by atoms with Gasteiger partial charge in [0.1, 0.15) is 0 Å². The maximum atomic E-state index is 9.20. The Morgan fingerprint density at radius 3 is 1.40 bits per heavy atom. The third-order valence-electron chi connectivity index (χ3n) is 4.92. The molecule has 25 heavy (non-hydrogen) atoms. The Balaban J connectivity index is 2.98. The molecule has 0 aromatic heterocycles. The Morgan fingerprint density at radius 1 is 0.600 bits per heavy atom. The van der Waals surface area contributed by atoms with E-state index in [9.17, 15) is 5.11 Å². The van der Waals surface area contributed by atoms with Crippen LogP contribution < -0.4 is 0 Å². The number of unbranched alkanes of at least 4 members (excludes halogenated alkanes) is 15. The molecule has 0 aromatic rings. The van der Waals surface area contributed by atoms with Crippen molar-refractivity contribution in [3.05, 3.63) is 0 Å². The van der Waals surface area contributed by atoms with Crippen LogP contribution in [0.25, 0.3) is 0 Å². The summed E-state index contributed by atoms with van der Waals surface area (Å²) < 4.78 is 10.2. The fourth-order valence-electron chi connectivity index (χ4n) is 3.16. The maximum absolute atomic E-state index is 9.20. The van der Waals surface area contributed by atoms with E-state index in [2.05, 4.69) is 6.92 Å². The third kappa shape index (κ3) is 21.8. The maximum Gasteiger partial charge on any atom is 0.156 e. The molecule has 1 unspecified atom stereocenters. The normalized spacial score (nSPS) is 12.6. The summed E-state index contributed by atoms with van der Waals surface area (Å²) in [7, 11) is 1.51. The monoisotopic (exact) mass is 358 g/mol. The molecule has 0 aliphatic carbocycles. The van der Waals surface area contributed by atoms with Crippen LogP contribution in [0.2, 0.25) is 0 Å². The number of rotatable bonds is 21. The van der Waals surface area contributed by atoms with Gasteiger partial charge in [0, 0.05) is 20.1 Å². The van der Waals surface area contributed by atoms with Gasteiger partial charge in [-0.1, -0.05) is 103 Å². The molecular formula is C22H46O3. The lowest BCUT2D eigenvalue weighted by molar-refractivity contribution is -0.0901. The van der Waals surface area contributed by atoms with E-state index in [1.165, 1.54) is 103 Å². The van der Waals surface area contributed by atoms with Crippen LogP contribution in [0.1, 0.15) is 116 Å². The van der Waals surface area contributed by atoms with Gasteiger partial charge < -0.3 is 14.6 Å². The van der Waals surface area contributed by atoms with Gasteiger partial charge in [-0.3, -0.25) is 0 Å². The first-order valence-electron chi connectivity index (χ1n) is 11.1. The smallest absolute Gasteiger partial charge is 0.156 e. The zero-order valence-electron chi connectivity index (χ0n) is 17.3. The minimum atomic E-state index is -0.675. The van der Waals surface area contributed by atoms with Crippen LogP contribution in [0.3, 0.4) is 0 Å². The summed E-state index contributed by atoms with van der Waals surface area (Å²) in [4.78, 5) is 0. The molecule has 0 rings (SSSR count). The van der Waals surface area contributed by atoms with Crippen molar-refractivity contribution >= 4 is 0 Å². The largest absolute Gasteiger partial charge is 0.381 e. The standard InChI is InChI=1S/C22H46O3/c1-3-4-5-6-7-8-9-10-11-12-13-14-15-16-17-18-20-25-21-19-22(23)24-2/h22-23H,3-21H2,1-2H3. The van der Waals surface area contributed by atoms with E-state index < -0.39 is 6.29 Å². The van der Waals surface area contributed by atoms with Crippen molar-refractivity contribution in [2.45, 2.75) is 122 Å². The summed E-state index contributed by atoms with van der Waals surface area (Å²) >= 11 is 0. The lowest BCUT2D eigenvalue weighted by Gasteiger charge is -2.08.